The lowest BCUT2D eigenvalue weighted by Crippen LogP contribution is -2.08. The second kappa shape index (κ2) is 5.11. The van der Waals surface area contributed by atoms with Crippen LogP contribution in [-0.2, 0) is 16.0 Å². The summed E-state index contributed by atoms with van der Waals surface area (Å²) in [7, 11) is 0. The number of hydrogen-bond donors (Lipinski definition) is 1. The Morgan fingerprint density at radius 3 is 2.87 bits per heavy atom. The Balaban J connectivity index is 2.89. The highest BCUT2D eigenvalue weighted by Crippen LogP contribution is 2.29. The highest BCUT2D eigenvalue weighted by molar-refractivity contribution is 9.10. The minimum absolute atomic E-state index is 0.0697. The lowest BCUT2D eigenvalue weighted by Gasteiger charge is -2.06. The highest BCUT2D eigenvalue weighted by Gasteiger charge is 2.12. The van der Waals surface area contributed by atoms with E-state index in [9.17, 15) is 14.3 Å². The number of ether oxygens (including phenoxy) is 1. The van der Waals surface area contributed by atoms with E-state index in [2.05, 4.69) is 15.9 Å². The first kappa shape index (κ1) is 12.0. The Morgan fingerprint density at radius 1 is 1.60 bits per heavy atom. The van der Waals surface area contributed by atoms with Gasteiger partial charge < -0.3 is 9.84 Å². The molecule has 0 heterocycles. The maximum absolute atomic E-state index is 12.9. The molecule has 0 aliphatic rings. The molecule has 0 aliphatic heterocycles. The fourth-order valence-electron chi connectivity index (χ4n) is 1.13. The van der Waals surface area contributed by atoms with Crippen LogP contribution in [0, 0.1) is 5.82 Å². The standard InChI is InChI=1S/C10H10BrFO3/c1-2-15-9(14)4-6-3-7(12)5-8(13)10(6)11/h3,5,13H,2,4H2,1H3. The first-order valence-corrected chi connectivity index (χ1v) is 5.16. The van der Waals surface area contributed by atoms with Crippen molar-refractivity contribution in [3.8, 4) is 5.75 Å². The number of phenols is 1. The Hall–Kier alpha value is -1.10. The van der Waals surface area contributed by atoms with E-state index in [-0.39, 0.29) is 18.8 Å². The molecule has 1 aromatic rings. The SMILES string of the molecule is CCOC(=O)Cc1cc(F)cc(O)c1Br. The number of halogens is 2. The molecular formula is C10H10BrFO3. The van der Waals surface area contributed by atoms with Gasteiger partial charge in [0, 0.05) is 6.07 Å². The maximum Gasteiger partial charge on any atom is 0.310 e. The second-order valence-electron chi connectivity index (χ2n) is 2.88. The predicted molar refractivity (Wildman–Crippen MR) is 56.1 cm³/mol. The van der Waals surface area contributed by atoms with Crippen LogP contribution in [0.2, 0.25) is 0 Å². The van der Waals surface area contributed by atoms with Gasteiger partial charge in [0.15, 0.2) is 0 Å². The van der Waals surface area contributed by atoms with Gasteiger partial charge in [-0.15, -0.1) is 0 Å². The van der Waals surface area contributed by atoms with Gasteiger partial charge in [-0.2, -0.15) is 0 Å². The summed E-state index contributed by atoms with van der Waals surface area (Å²) in [6, 6.07) is 2.15. The van der Waals surface area contributed by atoms with Crippen LogP contribution in [-0.4, -0.2) is 17.7 Å². The molecule has 82 valence electrons. The first-order chi connectivity index (χ1) is 7.04. The van der Waals surface area contributed by atoms with Crippen molar-refractivity contribution in [2.75, 3.05) is 6.61 Å². The van der Waals surface area contributed by atoms with Crippen LogP contribution in [0.1, 0.15) is 12.5 Å². The average molecular weight is 277 g/mol. The first-order valence-electron chi connectivity index (χ1n) is 4.37. The number of benzene rings is 1. The molecule has 0 saturated carbocycles. The fraction of sp³-hybridized carbons (Fsp3) is 0.300. The number of rotatable bonds is 3. The van der Waals surface area contributed by atoms with Crippen molar-refractivity contribution >= 4 is 21.9 Å². The normalized spacial score (nSPS) is 10.1. The molecule has 0 unspecified atom stereocenters. The summed E-state index contributed by atoms with van der Waals surface area (Å²) < 4.78 is 17.9. The van der Waals surface area contributed by atoms with E-state index in [1.165, 1.54) is 6.07 Å². The van der Waals surface area contributed by atoms with Gasteiger partial charge in [0.2, 0.25) is 0 Å². The van der Waals surface area contributed by atoms with Crippen LogP contribution in [0.3, 0.4) is 0 Å². The van der Waals surface area contributed by atoms with Gasteiger partial charge in [0.05, 0.1) is 17.5 Å². The zero-order valence-electron chi connectivity index (χ0n) is 8.09. The quantitative estimate of drug-likeness (QED) is 0.863. The zero-order valence-corrected chi connectivity index (χ0v) is 9.67. The van der Waals surface area contributed by atoms with Crippen LogP contribution >= 0.6 is 15.9 Å². The van der Waals surface area contributed by atoms with Gasteiger partial charge in [-0.05, 0) is 34.5 Å². The van der Waals surface area contributed by atoms with Crippen molar-refractivity contribution in [2.24, 2.45) is 0 Å². The summed E-state index contributed by atoms with van der Waals surface area (Å²) in [4.78, 5) is 11.1. The van der Waals surface area contributed by atoms with E-state index in [0.717, 1.165) is 6.07 Å². The third-order valence-corrected chi connectivity index (χ3v) is 2.65. The number of hydrogen-bond acceptors (Lipinski definition) is 3. The van der Waals surface area contributed by atoms with E-state index < -0.39 is 11.8 Å². The van der Waals surface area contributed by atoms with Crippen molar-refractivity contribution in [1.29, 1.82) is 0 Å². The molecular weight excluding hydrogens is 267 g/mol. The Kier molecular flexibility index (Phi) is 4.08. The average Bonchev–Trinajstić information content (AvgIpc) is 2.13. The Bertz CT molecular complexity index is 379. The molecule has 0 spiro atoms. The van der Waals surface area contributed by atoms with Gasteiger partial charge in [-0.1, -0.05) is 0 Å². The molecule has 1 aromatic carbocycles. The summed E-state index contributed by atoms with van der Waals surface area (Å²) in [5, 5.41) is 9.28. The van der Waals surface area contributed by atoms with Gasteiger partial charge in [0.1, 0.15) is 11.6 Å². The number of phenolic OH excluding ortho intramolecular Hbond substituents is 1. The number of carbonyl (C=O) groups is 1. The van der Waals surface area contributed by atoms with Crippen LogP contribution in [0.25, 0.3) is 0 Å². The van der Waals surface area contributed by atoms with Gasteiger partial charge in [-0.25, -0.2) is 4.39 Å². The molecule has 1 rings (SSSR count). The third kappa shape index (κ3) is 3.20. The molecule has 0 radical (unpaired) electrons. The summed E-state index contributed by atoms with van der Waals surface area (Å²) in [6.07, 6.45) is -0.0697. The summed E-state index contributed by atoms with van der Waals surface area (Å²) in [5.41, 5.74) is 0.367. The lowest BCUT2D eigenvalue weighted by molar-refractivity contribution is -0.142. The minimum atomic E-state index is -0.588. The molecule has 0 aromatic heterocycles. The fourth-order valence-corrected chi connectivity index (χ4v) is 1.50. The topological polar surface area (TPSA) is 46.5 Å². The molecule has 0 amide bonds. The molecule has 0 bridgehead atoms. The third-order valence-electron chi connectivity index (χ3n) is 1.73. The van der Waals surface area contributed by atoms with E-state index in [1.807, 2.05) is 0 Å². The molecule has 0 aliphatic carbocycles. The maximum atomic E-state index is 12.9. The Labute approximate surface area is 95.0 Å². The second-order valence-corrected chi connectivity index (χ2v) is 3.67. The van der Waals surface area contributed by atoms with E-state index in [0.29, 0.717) is 10.0 Å². The molecule has 0 saturated heterocycles. The summed E-state index contributed by atoms with van der Waals surface area (Å²) >= 11 is 3.07. The van der Waals surface area contributed by atoms with Crippen LogP contribution in [0.15, 0.2) is 16.6 Å². The zero-order chi connectivity index (χ0) is 11.4. The highest BCUT2D eigenvalue weighted by atomic mass is 79.9. The predicted octanol–water partition coefficient (Wildman–Crippen LogP) is 2.40. The minimum Gasteiger partial charge on any atom is -0.507 e. The van der Waals surface area contributed by atoms with E-state index >= 15 is 0 Å². The van der Waals surface area contributed by atoms with Gasteiger partial charge in [-0.3, -0.25) is 4.79 Å². The largest absolute Gasteiger partial charge is 0.507 e. The Morgan fingerprint density at radius 2 is 2.27 bits per heavy atom. The van der Waals surface area contributed by atoms with Crippen molar-refractivity contribution in [3.05, 3.63) is 28.0 Å². The van der Waals surface area contributed by atoms with E-state index in [1.54, 1.807) is 6.92 Å². The van der Waals surface area contributed by atoms with Crippen molar-refractivity contribution < 1.29 is 19.0 Å². The number of esters is 1. The van der Waals surface area contributed by atoms with E-state index in [4.69, 9.17) is 4.74 Å². The molecule has 1 N–H and O–H groups in total. The van der Waals surface area contributed by atoms with Crippen molar-refractivity contribution in [2.45, 2.75) is 13.3 Å². The lowest BCUT2D eigenvalue weighted by atomic mass is 10.1. The van der Waals surface area contributed by atoms with Crippen LogP contribution in [0.4, 0.5) is 4.39 Å². The smallest absolute Gasteiger partial charge is 0.310 e. The van der Waals surface area contributed by atoms with Gasteiger partial charge in [0.25, 0.3) is 0 Å². The molecule has 5 heteroatoms. The molecule has 15 heavy (non-hydrogen) atoms. The summed E-state index contributed by atoms with van der Waals surface area (Å²) in [5.74, 6) is -1.27. The molecule has 0 atom stereocenters. The number of carbonyl (C=O) groups excluding carboxylic acids is 1. The molecule has 3 nitrogen and oxygen atoms in total. The van der Waals surface area contributed by atoms with Crippen molar-refractivity contribution in [3.63, 3.8) is 0 Å². The number of aromatic hydroxyl groups is 1. The van der Waals surface area contributed by atoms with Gasteiger partial charge >= 0.3 is 5.97 Å². The van der Waals surface area contributed by atoms with Crippen LogP contribution < -0.4 is 0 Å². The molecule has 0 fully saturated rings. The van der Waals surface area contributed by atoms with Crippen molar-refractivity contribution in [1.82, 2.24) is 0 Å². The monoisotopic (exact) mass is 276 g/mol. The van der Waals surface area contributed by atoms with Crippen LogP contribution in [0.5, 0.6) is 5.75 Å². The summed E-state index contributed by atoms with van der Waals surface area (Å²) in [6.45, 7) is 1.97.